The lowest BCUT2D eigenvalue weighted by molar-refractivity contribution is -0.123. The second kappa shape index (κ2) is 1.84. The summed E-state index contributed by atoms with van der Waals surface area (Å²) in [5.74, 6) is -0.899. The number of carbonyl (C=O) groups is 2. The van der Waals surface area contributed by atoms with E-state index in [2.05, 4.69) is 0 Å². The lowest BCUT2D eigenvalue weighted by Crippen LogP contribution is -2.22. The van der Waals surface area contributed by atoms with Gasteiger partial charge in [0, 0.05) is 5.57 Å². The highest BCUT2D eigenvalue weighted by Crippen LogP contribution is 2.14. The van der Waals surface area contributed by atoms with Gasteiger partial charge in [-0.15, -0.1) is 0 Å². The van der Waals surface area contributed by atoms with Gasteiger partial charge in [-0.05, 0) is 6.92 Å². The molecule has 9 heavy (non-hydrogen) atoms. The summed E-state index contributed by atoms with van der Waals surface area (Å²) in [5, 5.41) is 2.03. The zero-order chi connectivity index (χ0) is 7.02. The molecule has 0 bridgehead atoms. The molecule has 1 aliphatic rings. The van der Waals surface area contributed by atoms with Crippen molar-refractivity contribution in [2.24, 2.45) is 0 Å². The molecule has 1 heterocycles. The molecule has 0 fully saturated rings. The number of nitrogens with one attached hydrogen (secondary N) is 1. The number of hydrogen-bond donors (Lipinski definition) is 1. The van der Waals surface area contributed by atoms with E-state index in [1.165, 1.54) is 6.92 Å². The highest BCUT2D eigenvalue weighted by Gasteiger charge is 2.24. The van der Waals surface area contributed by atoms with Crippen molar-refractivity contribution in [1.82, 2.24) is 5.32 Å². The van der Waals surface area contributed by atoms with Gasteiger partial charge in [0.2, 0.25) is 0 Å². The van der Waals surface area contributed by atoms with Gasteiger partial charge >= 0.3 is 0 Å². The standard InChI is InChI=1S/C5H4ClNO2/c1-2-3(6)5(9)7-4(2)8/h1H3,(H,7,8,9). The van der Waals surface area contributed by atoms with Gasteiger partial charge in [-0.3, -0.25) is 14.9 Å². The Balaban J connectivity index is 3.06. The van der Waals surface area contributed by atoms with E-state index in [4.69, 9.17) is 11.6 Å². The first-order valence-electron chi connectivity index (χ1n) is 2.35. The SMILES string of the molecule is CC1=C(Cl)C(=O)NC1=O. The van der Waals surface area contributed by atoms with E-state index < -0.39 is 11.8 Å². The maximum Gasteiger partial charge on any atom is 0.270 e. The van der Waals surface area contributed by atoms with Crippen LogP contribution in [-0.4, -0.2) is 11.8 Å². The van der Waals surface area contributed by atoms with E-state index in [9.17, 15) is 9.59 Å². The van der Waals surface area contributed by atoms with Crippen LogP contribution in [0.1, 0.15) is 6.92 Å². The molecule has 0 unspecified atom stereocenters. The van der Waals surface area contributed by atoms with Gasteiger partial charge in [0.1, 0.15) is 5.03 Å². The Morgan fingerprint density at radius 3 is 2.00 bits per heavy atom. The number of imide groups is 1. The molecule has 0 saturated carbocycles. The summed E-state index contributed by atoms with van der Waals surface area (Å²) in [6, 6.07) is 0. The van der Waals surface area contributed by atoms with E-state index >= 15 is 0 Å². The highest BCUT2D eigenvalue weighted by molar-refractivity contribution is 6.47. The molecule has 2 amide bonds. The van der Waals surface area contributed by atoms with Crippen molar-refractivity contribution in [1.29, 1.82) is 0 Å². The quantitative estimate of drug-likeness (QED) is 0.494. The zero-order valence-electron chi connectivity index (χ0n) is 4.69. The number of carbonyl (C=O) groups excluding carboxylic acids is 2. The molecule has 48 valence electrons. The molecule has 4 heteroatoms. The van der Waals surface area contributed by atoms with E-state index in [0.717, 1.165) is 0 Å². The van der Waals surface area contributed by atoms with Gasteiger partial charge in [-0.25, -0.2) is 0 Å². The molecule has 0 radical (unpaired) electrons. The van der Waals surface area contributed by atoms with Crippen molar-refractivity contribution in [2.75, 3.05) is 0 Å². The summed E-state index contributed by atoms with van der Waals surface area (Å²) < 4.78 is 0. The summed E-state index contributed by atoms with van der Waals surface area (Å²) in [6.07, 6.45) is 0. The summed E-state index contributed by atoms with van der Waals surface area (Å²) in [6.45, 7) is 1.50. The Kier molecular flexibility index (Phi) is 1.29. The predicted molar refractivity (Wildman–Crippen MR) is 31.7 cm³/mol. The van der Waals surface area contributed by atoms with Crippen LogP contribution in [0.2, 0.25) is 0 Å². The van der Waals surface area contributed by atoms with Gasteiger partial charge < -0.3 is 0 Å². The van der Waals surface area contributed by atoms with Crippen molar-refractivity contribution < 1.29 is 9.59 Å². The Bertz CT molecular complexity index is 197. The third-order valence-electron chi connectivity index (χ3n) is 1.10. The minimum absolute atomic E-state index is 0.000000000000000444. The van der Waals surface area contributed by atoms with E-state index in [0.29, 0.717) is 5.57 Å². The Morgan fingerprint density at radius 1 is 1.33 bits per heavy atom. The fraction of sp³-hybridized carbons (Fsp3) is 0.200. The Morgan fingerprint density at radius 2 is 1.89 bits per heavy atom. The lowest BCUT2D eigenvalue weighted by Gasteiger charge is -1.84. The van der Waals surface area contributed by atoms with Gasteiger partial charge in [0.25, 0.3) is 11.8 Å². The average molecular weight is 146 g/mol. The van der Waals surface area contributed by atoms with Gasteiger partial charge in [0.15, 0.2) is 0 Å². The fourth-order valence-corrected chi connectivity index (χ4v) is 0.655. The molecule has 1 N–H and O–H groups in total. The van der Waals surface area contributed by atoms with E-state index in [1.807, 2.05) is 5.32 Å². The third kappa shape index (κ3) is 0.833. The molecule has 0 aromatic rings. The molecule has 3 nitrogen and oxygen atoms in total. The maximum absolute atomic E-state index is 10.5. The monoisotopic (exact) mass is 145 g/mol. The second-order valence-corrected chi connectivity index (χ2v) is 2.10. The third-order valence-corrected chi connectivity index (χ3v) is 1.55. The van der Waals surface area contributed by atoms with E-state index in [1.54, 1.807) is 0 Å². The van der Waals surface area contributed by atoms with Crippen LogP contribution in [0.25, 0.3) is 0 Å². The molecule has 0 aliphatic carbocycles. The highest BCUT2D eigenvalue weighted by atomic mass is 35.5. The molecule has 0 saturated heterocycles. The van der Waals surface area contributed by atoms with Crippen LogP contribution in [-0.2, 0) is 9.59 Å². The first-order chi connectivity index (χ1) is 4.13. The van der Waals surface area contributed by atoms with Gasteiger partial charge in [0.05, 0.1) is 0 Å². The summed E-state index contributed by atoms with van der Waals surface area (Å²) >= 11 is 5.35. The molecule has 0 atom stereocenters. The van der Waals surface area contributed by atoms with Crippen molar-refractivity contribution >= 4 is 23.4 Å². The second-order valence-electron chi connectivity index (χ2n) is 1.72. The van der Waals surface area contributed by atoms with Crippen LogP contribution >= 0.6 is 11.6 Å². The number of rotatable bonds is 0. The van der Waals surface area contributed by atoms with E-state index in [-0.39, 0.29) is 5.03 Å². The van der Waals surface area contributed by atoms with Crippen LogP contribution in [0.5, 0.6) is 0 Å². The first-order valence-corrected chi connectivity index (χ1v) is 2.73. The van der Waals surface area contributed by atoms with Gasteiger partial charge in [-0.2, -0.15) is 0 Å². The first kappa shape index (κ1) is 6.29. The van der Waals surface area contributed by atoms with Crippen molar-refractivity contribution in [3.63, 3.8) is 0 Å². The average Bonchev–Trinajstić information content (AvgIpc) is 1.98. The molecule has 0 aromatic carbocycles. The molecule has 0 aromatic heterocycles. The smallest absolute Gasteiger partial charge is 0.270 e. The van der Waals surface area contributed by atoms with Crippen LogP contribution in [0.4, 0.5) is 0 Å². The van der Waals surface area contributed by atoms with Gasteiger partial charge in [-0.1, -0.05) is 11.6 Å². The molecular formula is C5H4ClNO2. The Hall–Kier alpha value is -0.830. The number of halogens is 1. The van der Waals surface area contributed by atoms with Crippen molar-refractivity contribution in [3.8, 4) is 0 Å². The number of hydrogen-bond acceptors (Lipinski definition) is 2. The van der Waals surface area contributed by atoms with Crippen molar-refractivity contribution in [3.05, 3.63) is 10.6 Å². The summed E-state index contributed by atoms with van der Waals surface area (Å²) in [4.78, 5) is 21.0. The summed E-state index contributed by atoms with van der Waals surface area (Å²) in [5.41, 5.74) is 0.293. The zero-order valence-corrected chi connectivity index (χ0v) is 5.45. The Labute approximate surface area is 56.7 Å². The largest absolute Gasteiger partial charge is 0.288 e. The normalized spacial score (nSPS) is 18.9. The number of amides is 2. The maximum atomic E-state index is 10.5. The molecule has 1 aliphatic heterocycles. The fourth-order valence-electron chi connectivity index (χ4n) is 0.522. The minimum Gasteiger partial charge on any atom is -0.288 e. The van der Waals surface area contributed by atoms with Crippen LogP contribution in [0.3, 0.4) is 0 Å². The topological polar surface area (TPSA) is 46.2 Å². The van der Waals surface area contributed by atoms with Crippen molar-refractivity contribution in [2.45, 2.75) is 6.92 Å². The van der Waals surface area contributed by atoms with Crippen LogP contribution in [0.15, 0.2) is 10.6 Å². The predicted octanol–water partition coefficient (Wildman–Crippen LogP) is 0.156. The molecule has 0 spiro atoms. The minimum atomic E-state index is -0.501. The molecule has 1 rings (SSSR count). The van der Waals surface area contributed by atoms with Crippen LogP contribution < -0.4 is 5.32 Å². The molecular weight excluding hydrogens is 142 g/mol. The van der Waals surface area contributed by atoms with Crippen LogP contribution in [0, 0.1) is 0 Å². The summed E-state index contributed by atoms with van der Waals surface area (Å²) in [7, 11) is 0. The lowest BCUT2D eigenvalue weighted by atomic mass is 10.3.